The molecule has 0 aliphatic carbocycles. The fourth-order valence-corrected chi connectivity index (χ4v) is 2.34. The summed E-state index contributed by atoms with van der Waals surface area (Å²) in [5.74, 6) is 0. The fourth-order valence-electron chi connectivity index (χ4n) is 2.34. The van der Waals surface area contributed by atoms with Crippen molar-refractivity contribution in [2.45, 2.75) is 26.8 Å². The Kier molecular flexibility index (Phi) is 3.78. The summed E-state index contributed by atoms with van der Waals surface area (Å²) in [5.41, 5.74) is 6.08. The van der Waals surface area contributed by atoms with E-state index in [1.54, 1.807) is 0 Å². The Hall–Kier alpha value is -1.67. The number of hydrogen-bond acceptors (Lipinski definition) is 2. The number of aryl methyl sites for hydroxylation is 3. The Morgan fingerprint density at radius 3 is 2.44 bits per heavy atom. The molecule has 1 aromatic carbocycles. The molecule has 0 aliphatic rings. The number of aromatic nitrogens is 1. The lowest BCUT2D eigenvalue weighted by atomic mass is 9.98. The number of pyridine rings is 1. The van der Waals surface area contributed by atoms with Gasteiger partial charge in [-0.05, 0) is 44.5 Å². The topological polar surface area (TPSA) is 24.9 Å². The van der Waals surface area contributed by atoms with Crippen molar-refractivity contribution in [2.75, 3.05) is 7.05 Å². The highest BCUT2D eigenvalue weighted by atomic mass is 14.9. The van der Waals surface area contributed by atoms with Gasteiger partial charge in [-0.1, -0.05) is 35.9 Å². The Labute approximate surface area is 109 Å². The van der Waals surface area contributed by atoms with Crippen molar-refractivity contribution < 1.29 is 0 Å². The van der Waals surface area contributed by atoms with Crippen LogP contribution in [-0.4, -0.2) is 12.0 Å². The van der Waals surface area contributed by atoms with Gasteiger partial charge in [-0.15, -0.1) is 0 Å². The molecule has 0 aliphatic heterocycles. The number of benzene rings is 1. The molecule has 2 aromatic rings. The summed E-state index contributed by atoms with van der Waals surface area (Å²) >= 11 is 0. The van der Waals surface area contributed by atoms with Gasteiger partial charge in [0.2, 0.25) is 0 Å². The molecule has 18 heavy (non-hydrogen) atoms. The van der Waals surface area contributed by atoms with Crippen molar-refractivity contribution in [3.8, 4) is 0 Å². The average molecular weight is 240 g/mol. The quantitative estimate of drug-likeness (QED) is 0.890. The zero-order valence-corrected chi connectivity index (χ0v) is 11.5. The molecule has 0 saturated heterocycles. The standard InChI is InChI=1S/C16H20N2/c1-11-6-5-7-14(9-11)16(17-4)15-13(3)8-12(2)10-18-15/h5-10,16-17H,1-4H3. The molecular weight excluding hydrogens is 220 g/mol. The van der Waals surface area contributed by atoms with Crippen LogP contribution in [-0.2, 0) is 0 Å². The Balaban J connectivity index is 2.45. The van der Waals surface area contributed by atoms with Gasteiger partial charge in [0.05, 0.1) is 11.7 Å². The third-order valence-electron chi connectivity index (χ3n) is 3.19. The second-order valence-corrected chi connectivity index (χ2v) is 4.85. The molecule has 0 bridgehead atoms. The molecule has 0 amide bonds. The highest BCUT2D eigenvalue weighted by Crippen LogP contribution is 2.23. The Morgan fingerprint density at radius 1 is 1.06 bits per heavy atom. The summed E-state index contributed by atoms with van der Waals surface area (Å²) < 4.78 is 0. The van der Waals surface area contributed by atoms with Crippen LogP contribution in [0.3, 0.4) is 0 Å². The molecule has 0 fully saturated rings. The van der Waals surface area contributed by atoms with E-state index < -0.39 is 0 Å². The number of nitrogens with one attached hydrogen (secondary N) is 1. The third-order valence-corrected chi connectivity index (χ3v) is 3.19. The van der Waals surface area contributed by atoms with E-state index in [4.69, 9.17) is 0 Å². The minimum Gasteiger partial charge on any atom is -0.308 e. The molecule has 1 heterocycles. The van der Waals surface area contributed by atoms with E-state index in [0.717, 1.165) is 5.69 Å². The molecule has 0 radical (unpaired) electrons. The maximum atomic E-state index is 4.59. The van der Waals surface area contributed by atoms with Gasteiger partial charge in [-0.25, -0.2) is 0 Å². The highest BCUT2D eigenvalue weighted by molar-refractivity contribution is 5.35. The second kappa shape index (κ2) is 5.32. The van der Waals surface area contributed by atoms with E-state index in [-0.39, 0.29) is 6.04 Å². The second-order valence-electron chi connectivity index (χ2n) is 4.85. The molecule has 1 N–H and O–H groups in total. The number of hydrogen-bond donors (Lipinski definition) is 1. The van der Waals surface area contributed by atoms with Crippen molar-refractivity contribution in [2.24, 2.45) is 0 Å². The van der Waals surface area contributed by atoms with Crippen LogP contribution in [0.25, 0.3) is 0 Å². The molecule has 2 nitrogen and oxygen atoms in total. The van der Waals surface area contributed by atoms with Crippen molar-refractivity contribution in [1.29, 1.82) is 0 Å². The predicted octanol–water partition coefficient (Wildman–Crippen LogP) is 3.32. The van der Waals surface area contributed by atoms with Crippen LogP contribution < -0.4 is 5.32 Å². The predicted molar refractivity (Wildman–Crippen MR) is 75.8 cm³/mol. The molecule has 0 saturated carbocycles. The lowest BCUT2D eigenvalue weighted by molar-refractivity contribution is 0.665. The Morgan fingerprint density at radius 2 is 1.83 bits per heavy atom. The van der Waals surface area contributed by atoms with E-state index in [9.17, 15) is 0 Å². The zero-order valence-electron chi connectivity index (χ0n) is 11.5. The van der Waals surface area contributed by atoms with Gasteiger partial charge in [-0.3, -0.25) is 4.98 Å². The first-order valence-corrected chi connectivity index (χ1v) is 6.29. The largest absolute Gasteiger partial charge is 0.308 e. The number of rotatable bonds is 3. The normalized spacial score (nSPS) is 12.4. The van der Waals surface area contributed by atoms with E-state index in [0.29, 0.717) is 0 Å². The molecule has 0 spiro atoms. The first kappa shape index (κ1) is 12.8. The van der Waals surface area contributed by atoms with Gasteiger partial charge in [-0.2, -0.15) is 0 Å². The molecule has 1 atom stereocenters. The summed E-state index contributed by atoms with van der Waals surface area (Å²) in [6.45, 7) is 6.31. The summed E-state index contributed by atoms with van der Waals surface area (Å²) in [6.07, 6.45) is 1.93. The van der Waals surface area contributed by atoms with Crippen LogP contribution in [0, 0.1) is 20.8 Å². The fraction of sp³-hybridized carbons (Fsp3) is 0.312. The van der Waals surface area contributed by atoms with Gasteiger partial charge < -0.3 is 5.32 Å². The molecule has 2 rings (SSSR count). The summed E-state index contributed by atoms with van der Waals surface area (Å²) in [7, 11) is 1.98. The highest BCUT2D eigenvalue weighted by Gasteiger charge is 2.15. The van der Waals surface area contributed by atoms with Crippen molar-refractivity contribution >= 4 is 0 Å². The molecule has 1 aromatic heterocycles. The molecular formula is C16H20N2. The Bertz CT molecular complexity index is 547. The maximum Gasteiger partial charge on any atom is 0.0751 e. The van der Waals surface area contributed by atoms with Gasteiger partial charge in [0.1, 0.15) is 0 Å². The van der Waals surface area contributed by atoms with E-state index in [1.807, 2.05) is 13.2 Å². The average Bonchev–Trinajstić information content (AvgIpc) is 2.33. The first-order valence-electron chi connectivity index (χ1n) is 6.29. The van der Waals surface area contributed by atoms with Crippen LogP contribution in [0.15, 0.2) is 36.5 Å². The zero-order chi connectivity index (χ0) is 13.1. The lowest BCUT2D eigenvalue weighted by Crippen LogP contribution is -2.20. The van der Waals surface area contributed by atoms with Gasteiger partial charge in [0, 0.05) is 6.20 Å². The summed E-state index contributed by atoms with van der Waals surface area (Å²) in [5, 5.41) is 3.36. The van der Waals surface area contributed by atoms with Gasteiger partial charge in [0.15, 0.2) is 0 Å². The minimum atomic E-state index is 0.158. The summed E-state index contributed by atoms with van der Waals surface area (Å²) in [4.78, 5) is 4.59. The van der Waals surface area contributed by atoms with Gasteiger partial charge in [0.25, 0.3) is 0 Å². The van der Waals surface area contributed by atoms with Crippen LogP contribution >= 0.6 is 0 Å². The minimum absolute atomic E-state index is 0.158. The third kappa shape index (κ3) is 2.59. The summed E-state index contributed by atoms with van der Waals surface area (Å²) in [6, 6.07) is 10.9. The van der Waals surface area contributed by atoms with Crippen LogP contribution in [0.1, 0.15) is 34.0 Å². The van der Waals surface area contributed by atoms with Crippen LogP contribution in [0.4, 0.5) is 0 Å². The van der Waals surface area contributed by atoms with Crippen LogP contribution in [0.5, 0.6) is 0 Å². The van der Waals surface area contributed by atoms with Crippen molar-refractivity contribution in [3.05, 3.63) is 64.5 Å². The molecule has 1 unspecified atom stereocenters. The lowest BCUT2D eigenvalue weighted by Gasteiger charge is -2.19. The SMILES string of the molecule is CNC(c1cccc(C)c1)c1ncc(C)cc1C. The van der Waals surface area contributed by atoms with E-state index >= 15 is 0 Å². The van der Waals surface area contributed by atoms with Crippen LogP contribution in [0.2, 0.25) is 0 Å². The number of nitrogens with zero attached hydrogens (tertiary/aromatic N) is 1. The smallest absolute Gasteiger partial charge is 0.0751 e. The van der Waals surface area contributed by atoms with Crippen molar-refractivity contribution in [1.82, 2.24) is 10.3 Å². The van der Waals surface area contributed by atoms with Gasteiger partial charge >= 0.3 is 0 Å². The van der Waals surface area contributed by atoms with Crippen molar-refractivity contribution in [3.63, 3.8) is 0 Å². The monoisotopic (exact) mass is 240 g/mol. The molecule has 2 heteroatoms. The van der Waals surface area contributed by atoms with E-state index in [2.05, 4.69) is 61.4 Å². The first-order chi connectivity index (χ1) is 8.61. The van der Waals surface area contributed by atoms with E-state index in [1.165, 1.54) is 22.3 Å². The molecule has 94 valence electrons. The maximum absolute atomic E-state index is 4.59.